The van der Waals surface area contributed by atoms with Gasteiger partial charge in [-0.2, -0.15) is 0 Å². The third kappa shape index (κ3) is 8.27. The zero-order valence-corrected chi connectivity index (χ0v) is 25.9. The summed E-state index contributed by atoms with van der Waals surface area (Å²) in [6.45, 7) is 5.22. The molecule has 0 bridgehead atoms. The fourth-order valence-electron chi connectivity index (χ4n) is 3.76. The molecule has 7 nitrogen and oxygen atoms in total. The highest BCUT2D eigenvalue weighted by Gasteiger charge is 2.33. The van der Waals surface area contributed by atoms with Crippen LogP contribution in [0.1, 0.15) is 26.3 Å². The lowest BCUT2D eigenvalue weighted by Crippen LogP contribution is -2.51. The van der Waals surface area contributed by atoms with E-state index in [0.29, 0.717) is 27.2 Å². The summed E-state index contributed by atoms with van der Waals surface area (Å²) < 4.78 is 28.6. The summed E-state index contributed by atoms with van der Waals surface area (Å²) in [5.41, 5.74) is 0.718. The molecule has 0 aromatic heterocycles. The highest BCUT2D eigenvalue weighted by molar-refractivity contribution is 7.92. The van der Waals surface area contributed by atoms with Crippen LogP contribution in [0.15, 0.2) is 71.6 Å². The number of hydrogen-bond acceptors (Lipinski definition) is 4. The van der Waals surface area contributed by atoms with E-state index in [1.165, 1.54) is 47.4 Å². The number of benzene rings is 3. The van der Waals surface area contributed by atoms with Crippen LogP contribution in [0.3, 0.4) is 0 Å². The summed E-state index contributed by atoms with van der Waals surface area (Å²) in [5.74, 6) is -0.827. The van der Waals surface area contributed by atoms with E-state index in [9.17, 15) is 18.0 Å². The quantitative estimate of drug-likeness (QED) is 0.252. The fourth-order valence-corrected chi connectivity index (χ4v) is 5.95. The molecular formula is C28H29Cl4N3O4S. The first-order valence-electron chi connectivity index (χ1n) is 12.3. The van der Waals surface area contributed by atoms with Gasteiger partial charge in [0.15, 0.2) is 0 Å². The Balaban J connectivity index is 2.04. The van der Waals surface area contributed by atoms with E-state index < -0.39 is 28.5 Å². The molecule has 0 saturated heterocycles. The first-order chi connectivity index (χ1) is 18.8. The van der Waals surface area contributed by atoms with E-state index in [1.807, 2.05) is 13.8 Å². The molecule has 0 aliphatic carbocycles. The Morgan fingerprint density at radius 2 is 1.48 bits per heavy atom. The smallest absolute Gasteiger partial charge is 0.264 e. The van der Waals surface area contributed by atoms with E-state index in [1.54, 1.807) is 31.2 Å². The molecule has 0 unspecified atom stereocenters. The van der Waals surface area contributed by atoms with Crippen molar-refractivity contribution in [2.24, 2.45) is 5.92 Å². The van der Waals surface area contributed by atoms with Gasteiger partial charge in [-0.3, -0.25) is 13.9 Å². The minimum atomic E-state index is -4.25. The van der Waals surface area contributed by atoms with Gasteiger partial charge in [0.05, 0.1) is 10.6 Å². The Morgan fingerprint density at radius 3 is 2.08 bits per heavy atom. The lowest BCUT2D eigenvalue weighted by molar-refractivity contribution is -0.139. The van der Waals surface area contributed by atoms with Crippen LogP contribution in [0.2, 0.25) is 20.1 Å². The summed E-state index contributed by atoms with van der Waals surface area (Å²) in [7, 11) is -4.25. The monoisotopic (exact) mass is 643 g/mol. The molecule has 3 aromatic carbocycles. The molecule has 1 atom stereocenters. The highest BCUT2D eigenvalue weighted by atomic mass is 35.5. The maximum atomic E-state index is 13.9. The molecule has 0 fully saturated rings. The third-order valence-electron chi connectivity index (χ3n) is 5.98. The lowest BCUT2D eigenvalue weighted by atomic mass is 10.1. The maximum absolute atomic E-state index is 13.9. The highest BCUT2D eigenvalue weighted by Crippen LogP contribution is 2.28. The molecule has 0 heterocycles. The largest absolute Gasteiger partial charge is 0.354 e. The number of sulfonamides is 1. The van der Waals surface area contributed by atoms with Crippen LogP contribution in [-0.2, 0) is 26.2 Å². The molecule has 12 heteroatoms. The van der Waals surface area contributed by atoms with Gasteiger partial charge < -0.3 is 10.2 Å². The second-order valence-corrected chi connectivity index (χ2v) is 13.1. The third-order valence-corrected chi connectivity index (χ3v) is 8.85. The molecule has 2 amide bonds. The van der Waals surface area contributed by atoms with Gasteiger partial charge in [-0.05, 0) is 73.0 Å². The number of anilines is 1. The van der Waals surface area contributed by atoms with Crippen molar-refractivity contribution in [1.82, 2.24) is 10.2 Å². The normalized spacial score (nSPS) is 12.2. The lowest BCUT2D eigenvalue weighted by Gasteiger charge is -2.32. The number of nitrogens with zero attached hydrogens (tertiary/aromatic N) is 2. The molecular weight excluding hydrogens is 616 g/mol. The molecule has 214 valence electrons. The van der Waals surface area contributed by atoms with Crippen LogP contribution in [-0.4, -0.2) is 44.3 Å². The first-order valence-corrected chi connectivity index (χ1v) is 15.3. The molecule has 0 aliphatic rings. The Bertz CT molecular complexity index is 1470. The fraction of sp³-hybridized carbons (Fsp3) is 0.286. The van der Waals surface area contributed by atoms with Crippen molar-refractivity contribution in [2.75, 3.05) is 17.4 Å². The second kappa shape index (κ2) is 13.9. The van der Waals surface area contributed by atoms with Crippen molar-refractivity contribution < 1.29 is 18.0 Å². The van der Waals surface area contributed by atoms with Crippen LogP contribution in [0.5, 0.6) is 0 Å². The van der Waals surface area contributed by atoms with Gasteiger partial charge in [0.2, 0.25) is 11.8 Å². The van der Waals surface area contributed by atoms with Gasteiger partial charge in [-0.1, -0.05) is 72.4 Å². The first kappa shape index (κ1) is 32.0. The number of hydrogen-bond donors (Lipinski definition) is 1. The Kier molecular flexibility index (Phi) is 11.1. The second-order valence-electron chi connectivity index (χ2n) is 9.52. The molecule has 1 N–H and O–H groups in total. The van der Waals surface area contributed by atoms with Crippen LogP contribution >= 0.6 is 46.4 Å². The molecule has 0 aliphatic heterocycles. The molecule has 40 heavy (non-hydrogen) atoms. The molecule has 3 rings (SSSR count). The topological polar surface area (TPSA) is 86.8 Å². The number of carbonyl (C=O) groups excluding carboxylic acids is 2. The average molecular weight is 645 g/mol. The van der Waals surface area contributed by atoms with Gasteiger partial charge in [-0.15, -0.1) is 0 Å². The number of rotatable bonds is 11. The average Bonchev–Trinajstić information content (AvgIpc) is 2.89. The number of carbonyl (C=O) groups is 2. The van der Waals surface area contributed by atoms with Crippen LogP contribution in [0.4, 0.5) is 5.69 Å². The minimum absolute atomic E-state index is 0.0600. The Labute approximate surface area is 255 Å². The van der Waals surface area contributed by atoms with Crippen LogP contribution in [0, 0.1) is 5.92 Å². The summed E-state index contributed by atoms with van der Waals surface area (Å²) in [6, 6.07) is 15.6. The predicted octanol–water partition coefficient (Wildman–Crippen LogP) is 6.69. The summed E-state index contributed by atoms with van der Waals surface area (Å²) in [6.07, 6.45) is 0. The number of halogens is 4. The zero-order valence-electron chi connectivity index (χ0n) is 22.1. The van der Waals surface area contributed by atoms with Crippen molar-refractivity contribution in [3.63, 3.8) is 0 Å². The van der Waals surface area contributed by atoms with Crippen LogP contribution < -0.4 is 9.62 Å². The van der Waals surface area contributed by atoms with Gasteiger partial charge >= 0.3 is 0 Å². The zero-order chi connectivity index (χ0) is 29.6. The molecule has 0 radical (unpaired) electrons. The van der Waals surface area contributed by atoms with Crippen molar-refractivity contribution in [3.8, 4) is 0 Å². The minimum Gasteiger partial charge on any atom is -0.354 e. The summed E-state index contributed by atoms with van der Waals surface area (Å²) in [4.78, 5) is 28.2. The van der Waals surface area contributed by atoms with Crippen molar-refractivity contribution >= 4 is 73.9 Å². The van der Waals surface area contributed by atoms with Crippen molar-refractivity contribution in [3.05, 3.63) is 92.4 Å². The van der Waals surface area contributed by atoms with Crippen LogP contribution in [0.25, 0.3) is 0 Å². The van der Waals surface area contributed by atoms with Gasteiger partial charge in [0.1, 0.15) is 12.6 Å². The summed E-state index contributed by atoms with van der Waals surface area (Å²) >= 11 is 24.6. The van der Waals surface area contributed by atoms with E-state index in [4.69, 9.17) is 46.4 Å². The van der Waals surface area contributed by atoms with Crippen molar-refractivity contribution in [2.45, 2.75) is 38.3 Å². The SMILES string of the molecule is CC(C)CNC(=O)[C@H](C)N(Cc1ccc(Cl)cc1Cl)C(=O)CN(c1cccc(Cl)c1)S(=O)(=O)c1ccc(Cl)cc1. The molecule has 0 saturated carbocycles. The molecule has 0 spiro atoms. The van der Waals surface area contributed by atoms with E-state index in [0.717, 1.165) is 4.31 Å². The van der Waals surface area contributed by atoms with Gasteiger partial charge in [0, 0.05) is 33.2 Å². The number of amides is 2. The maximum Gasteiger partial charge on any atom is 0.264 e. The molecule has 3 aromatic rings. The van der Waals surface area contributed by atoms with E-state index >= 15 is 0 Å². The number of nitrogens with one attached hydrogen (secondary N) is 1. The van der Waals surface area contributed by atoms with Gasteiger partial charge in [-0.25, -0.2) is 8.42 Å². The Hall–Kier alpha value is -2.49. The predicted molar refractivity (Wildman–Crippen MR) is 162 cm³/mol. The van der Waals surface area contributed by atoms with E-state index in [-0.39, 0.29) is 34.0 Å². The van der Waals surface area contributed by atoms with Gasteiger partial charge in [0.25, 0.3) is 10.0 Å². The standard InChI is InChI=1S/C28H29Cl4N3O4S/c1-18(2)15-33-28(37)19(3)34(16-20-7-8-23(31)14-26(20)32)27(36)17-35(24-6-4-5-22(30)13-24)40(38,39)25-11-9-21(29)10-12-25/h4-14,18-19H,15-17H2,1-3H3,(H,33,37)/t19-/m0/s1. The van der Waals surface area contributed by atoms with E-state index in [2.05, 4.69) is 5.32 Å². The summed E-state index contributed by atoms with van der Waals surface area (Å²) in [5, 5.41) is 4.19. The Morgan fingerprint density at radius 1 is 0.850 bits per heavy atom. The van der Waals surface area contributed by atoms with Crippen molar-refractivity contribution in [1.29, 1.82) is 0 Å².